The summed E-state index contributed by atoms with van der Waals surface area (Å²) in [6, 6.07) is 7.40. The summed E-state index contributed by atoms with van der Waals surface area (Å²) in [6.45, 7) is 10.4. The monoisotopic (exact) mass is 532 g/mol. The van der Waals surface area contributed by atoms with Gasteiger partial charge >= 0.3 is 6.18 Å². The summed E-state index contributed by atoms with van der Waals surface area (Å²) >= 11 is 12.2. The molecule has 2 saturated heterocycles. The summed E-state index contributed by atoms with van der Waals surface area (Å²) in [5.74, 6) is -1.14. The van der Waals surface area contributed by atoms with Crippen LogP contribution in [0.4, 0.5) is 17.6 Å². The average Bonchev–Trinajstić information content (AvgIpc) is 3.11. The number of rotatable bonds is 3. The van der Waals surface area contributed by atoms with Crippen LogP contribution >= 0.6 is 23.2 Å². The highest BCUT2D eigenvalue weighted by Crippen LogP contribution is 2.57. The number of benzene rings is 2. The molecule has 192 valence electrons. The molecule has 9 heteroatoms. The van der Waals surface area contributed by atoms with Crippen LogP contribution in [0.5, 0.6) is 0 Å². The van der Waals surface area contributed by atoms with Crippen LogP contribution in [0.15, 0.2) is 36.4 Å². The number of hydrogen-bond acceptors (Lipinski definition) is 3. The molecule has 0 radical (unpaired) electrons. The zero-order valence-corrected chi connectivity index (χ0v) is 21.8. The second-order valence-corrected chi connectivity index (χ2v) is 12.1. The van der Waals surface area contributed by atoms with Crippen LogP contribution in [-0.2, 0) is 16.5 Å². The Morgan fingerprint density at radius 3 is 2.29 bits per heavy atom. The minimum Gasteiger partial charge on any atom is -0.359 e. The quantitative estimate of drug-likeness (QED) is 0.420. The lowest BCUT2D eigenvalue weighted by molar-refractivity contribution is -0.137. The van der Waals surface area contributed by atoms with Crippen molar-refractivity contribution >= 4 is 23.2 Å². The van der Waals surface area contributed by atoms with Crippen molar-refractivity contribution in [3.05, 3.63) is 69.0 Å². The number of fused-ring (bicyclic) bond motifs is 1. The second-order valence-electron chi connectivity index (χ2n) is 11.3. The van der Waals surface area contributed by atoms with Gasteiger partial charge in [0.1, 0.15) is 11.5 Å². The molecule has 2 aromatic carbocycles. The molecule has 2 fully saturated rings. The largest absolute Gasteiger partial charge is 0.417 e. The minimum atomic E-state index is -4.59. The first kappa shape index (κ1) is 26.7. The van der Waals surface area contributed by atoms with Crippen LogP contribution in [-0.4, -0.2) is 29.3 Å². The van der Waals surface area contributed by atoms with Gasteiger partial charge in [0.2, 0.25) is 0 Å². The van der Waals surface area contributed by atoms with Gasteiger partial charge in [-0.3, -0.25) is 4.90 Å². The van der Waals surface area contributed by atoms with Gasteiger partial charge in [0.15, 0.2) is 0 Å². The van der Waals surface area contributed by atoms with Gasteiger partial charge in [0.25, 0.3) is 0 Å². The van der Waals surface area contributed by atoms with Crippen LogP contribution < -0.4 is 5.73 Å². The van der Waals surface area contributed by atoms with Crippen LogP contribution in [0.3, 0.4) is 0 Å². The van der Waals surface area contributed by atoms with E-state index in [9.17, 15) is 13.2 Å². The molecule has 3 nitrogen and oxygen atoms in total. The molecule has 4 atom stereocenters. The van der Waals surface area contributed by atoms with E-state index in [0.717, 1.165) is 6.07 Å². The Hall–Kier alpha value is -1.38. The Morgan fingerprint density at radius 2 is 1.74 bits per heavy atom. The van der Waals surface area contributed by atoms with Gasteiger partial charge in [-0.2, -0.15) is 13.2 Å². The third-order valence-electron chi connectivity index (χ3n) is 7.23. The van der Waals surface area contributed by atoms with Gasteiger partial charge < -0.3 is 10.5 Å². The lowest BCUT2D eigenvalue weighted by Crippen LogP contribution is -2.56. The third kappa shape index (κ3) is 4.59. The van der Waals surface area contributed by atoms with Crippen LogP contribution in [0.2, 0.25) is 10.0 Å². The number of nitrogens with two attached hydrogens (primary N) is 1. The molecule has 0 aliphatic carbocycles. The van der Waals surface area contributed by atoms with E-state index in [1.807, 2.05) is 13.8 Å². The third-order valence-corrected chi connectivity index (χ3v) is 7.78. The van der Waals surface area contributed by atoms with E-state index >= 15 is 4.39 Å². The molecule has 2 aromatic rings. The van der Waals surface area contributed by atoms with Gasteiger partial charge in [-0.1, -0.05) is 56.1 Å². The predicted molar refractivity (Wildman–Crippen MR) is 130 cm³/mol. The summed E-state index contributed by atoms with van der Waals surface area (Å²) < 4.78 is 61.9. The Kier molecular flexibility index (Phi) is 6.55. The van der Waals surface area contributed by atoms with Crippen molar-refractivity contribution in [3.8, 4) is 0 Å². The Labute approximate surface area is 213 Å². The normalized spacial score (nSPS) is 29.0. The SMILES string of the molecule is CC(C)(C)CC1N2C(COC2(C)C)C(c2ccc(C(F)(F)F)c(Cl)c2)C1(N)c1ccc(Cl)cc1F. The molecule has 0 saturated carbocycles. The second kappa shape index (κ2) is 8.59. The van der Waals surface area contributed by atoms with E-state index in [1.54, 1.807) is 12.1 Å². The molecule has 35 heavy (non-hydrogen) atoms. The first-order chi connectivity index (χ1) is 16.0. The van der Waals surface area contributed by atoms with Crippen molar-refractivity contribution in [2.45, 2.75) is 76.5 Å². The predicted octanol–water partition coefficient (Wildman–Crippen LogP) is 7.34. The smallest absolute Gasteiger partial charge is 0.359 e. The first-order valence-electron chi connectivity index (χ1n) is 11.5. The van der Waals surface area contributed by atoms with Crippen molar-refractivity contribution in [2.24, 2.45) is 11.1 Å². The maximum absolute atomic E-state index is 15.5. The molecule has 2 aliphatic rings. The highest BCUT2D eigenvalue weighted by molar-refractivity contribution is 6.31. The fourth-order valence-corrected chi connectivity index (χ4v) is 6.40. The topological polar surface area (TPSA) is 38.5 Å². The van der Waals surface area contributed by atoms with Crippen molar-refractivity contribution in [3.63, 3.8) is 0 Å². The van der Waals surface area contributed by atoms with Gasteiger partial charge in [-0.25, -0.2) is 4.39 Å². The molecule has 0 bridgehead atoms. The number of alkyl halides is 3. The molecule has 2 N–H and O–H groups in total. The molecule has 0 aromatic heterocycles. The summed E-state index contributed by atoms with van der Waals surface area (Å²) in [5, 5.41) is -0.184. The molecule has 2 aliphatic heterocycles. The van der Waals surface area contributed by atoms with Crippen LogP contribution in [0.1, 0.15) is 63.6 Å². The molecule has 0 spiro atoms. The minimum absolute atomic E-state index is 0.186. The van der Waals surface area contributed by atoms with Crippen molar-refractivity contribution in [1.29, 1.82) is 0 Å². The Bertz CT molecular complexity index is 1130. The molecule has 4 unspecified atom stereocenters. The van der Waals surface area contributed by atoms with Gasteiger partial charge in [-0.05, 0) is 55.5 Å². The summed E-state index contributed by atoms with van der Waals surface area (Å²) in [6.07, 6.45) is -3.99. The number of hydrogen-bond donors (Lipinski definition) is 1. The van der Waals surface area contributed by atoms with E-state index in [4.69, 9.17) is 33.7 Å². The van der Waals surface area contributed by atoms with E-state index in [2.05, 4.69) is 25.7 Å². The first-order valence-corrected chi connectivity index (χ1v) is 12.3. The summed E-state index contributed by atoms with van der Waals surface area (Å²) in [7, 11) is 0. The molecule has 0 amide bonds. The summed E-state index contributed by atoms with van der Waals surface area (Å²) in [4.78, 5) is 2.17. The zero-order chi connectivity index (χ0) is 26.1. The highest BCUT2D eigenvalue weighted by Gasteiger charge is 2.65. The fourth-order valence-electron chi connectivity index (χ4n) is 5.95. The highest BCUT2D eigenvalue weighted by atomic mass is 35.5. The van der Waals surface area contributed by atoms with E-state index < -0.39 is 39.8 Å². The van der Waals surface area contributed by atoms with Crippen molar-refractivity contribution < 1.29 is 22.3 Å². The van der Waals surface area contributed by atoms with Gasteiger partial charge in [0.05, 0.1) is 22.7 Å². The zero-order valence-electron chi connectivity index (χ0n) is 20.3. The standard InChI is InChI=1S/C26H30Cl2F4N2O/c1-23(2,3)12-21-25(33,17-9-7-15(27)11-19(17)29)22(20-13-35-24(4,5)34(20)21)14-6-8-16(18(28)10-14)26(30,31)32/h6-11,20-22H,12-13,33H2,1-5H3. The fraction of sp³-hybridized carbons (Fsp3) is 0.538. The van der Waals surface area contributed by atoms with E-state index in [-0.39, 0.29) is 28.1 Å². The lowest BCUT2D eigenvalue weighted by atomic mass is 9.68. The maximum atomic E-state index is 15.5. The summed E-state index contributed by atoms with van der Waals surface area (Å²) in [5.41, 5.74) is 4.96. The van der Waals surface area contributed by atoms with Gasteiger partial charge in [0, 0.05) is 28.6 Å². The molecular formula is C26H30Cl2F4N2O. The Morgan fingerprint density at radius 1 is 1.09 bits per heavy atom. The van der Waals surface area contributed by atoms with Gasteiger partial charge in [-0.15, -0.1) is 0 Å². The number of nitrogens with zero attached hydrogens (tertiary/aromatic N) is 1. The average molecular weight is 533 g/mol. The Balaban J connectivity index is 1.98. The van der Waals surface area contributed by atoms with E-state index in [0.29, 0.717) is 18.6 Å². The number of ether oxygens (including phenoxy) is 1. The lowest BCUT2D eigenvalue weighted by Gasteiger charge is -2.44. The van der Waals surface area contributed by atoms with Crippen molar-refractivity contribution in [1.82, 2.24) is 4.90 Å². The number of halogens is 6. The molecule has 2 heterocycles. The molecule has 4 rings (SSSR count). The van der Waals surface area contributed by atoms with Crippen molar-refractivity contribution in [2.75, 3.05) is 6.61 Å². The molecular weight excluding hydrogens is 503 g/mol. The maximum Gasteiger partial charge on any atom is 0.417 e. The van der Waals surface area contributed by atoms with Crippen LogP contribution in [0.25, 0.3) is 0 Å². The van der Waals surface area contributed by atoms with E-state index in [1.165, 1.54) is 18.2 Å². The van der Waals surface area contributed by atoms with Crippen LogP contribution in [0, 0.1) is 11.2 Å².